The van der Waals surface area contributed by atoms with Crippen LogP contribution < -0.4 is 4.74 Å². The summed E-state index contributed by atoms with van der Waals surface area (Å²) >= 11 is 0. The maximum absolute atomic E-state index is 5.55. The first-order valence-electron chi connectivity index (χ1n) is 11.0. The summed E-state index contributed by atoms with van der Waals surface area (Å²) in [4.78, 5) is 12.7. The lowest BCUT2D eigenvalue weighted by atomic mass is 10.0. The third-order valence-corrected chi connectivity index (χ3v) is 6.09. The predicted octanol–water partition coefficient (Wildman–Crippen LogP) is 5.50. The van der Waals surface area contributed by atoms with Crippen molar-refractivity contribution in [2.45, 2.75) is 38.5 Å². The number of aryl methyl sites for hydroxylation is 4. The fourth-order valence-electron chi connectivity index (χ4n) is 4.45. The molecule has 4 nitrogen and oxygen atoms in total. The number of aromatic amines is 1. The zero-order valence-corrected chi connectivity index (χ0v) is 17.9. The smallest absolute Gasteiger partial charge is 0.128 e. The first kappa shape index (κ1) is 19.6. The number of H-pyrrole nitrogens is 1. The average Bonchev–Trinajstić information content (AvgIpc) is 3.44. The lowest BCUT2D eigenvalue weighted by Crippen LogP contribution is -2.02. The Balaban J connectivity index is 1.20. The molecule has 1 N–H and O–H groups in total. The molecule has 0 aliphatic heterocycles. The average molecular weight is 410 g/mol. The monoisotopic (exact) mass is 409 g/mol. The van der Waals surface area contributed by atoms with E-state index in [0.717, 1.165) is 61.3 Å². The van der Waals surface area contributed by atoms with Crippen molar-refractivity contribution < 1.29 is 4.74 Å². The Kier molecular flexibility index (Phi) is 5.53. The summed E-state index contributed by atoms with van der Waals surface area (Å²) in [5.41, 5.74) is 7.70. The Morgan fingerprint density at radius 1 is 1.03 bits per heavy atom. The van der Waals surface area contributed by atoms with Crippen molar-refractivity contribution in [2.75, 3.05) is 7.11 Å². The third kappa shape index (κ3) is 4.24. The number of nitrogens with one attached hydrogen (secondary N) is 1. The van der Waals surface area contributed by atoms with Crippen LogP contribution in [0.2, 0.25) is 0 Å². The second kappa shape index (κ2) is 8.76. The zero-order valence-electron chi connectivity index (χ0n) is 17.9. The number of fused-ring (bicyclic) bond motifs is 2. The van der Waals surface area contributed by atoms with Gasteiger partial charge >= 0.3 is 0 Å². The summed E-state index contributed by atoms with van der Waals surface area (Å²) in [7, 11) is 1.73. The molecule has 4 aromatic rings. The van der Waals surface area contributed by atoms with Crippen LogP contribution in [0.4, 0.5) is 0 Å². The number of ether oxygens (including phenoxy) is 1. The summed E-state index contributed by atoms with van der Waals surface area (Å²) in [5.74, 6) is 1.86. The van der Waals surface area contributed by atoms with Gasteiger partial charge in [0, 0.05) is 35.4 Å². The molecule has 1 aliphatic carbocycles. The summed E-state index contributed by atoms with van der Waals surface area (Å²) in [6, 6.07) is 15.0. The number of rotatable bonds is 8. The van der Waals surface area contributed by atoms with Gasteiger partial charge in [0.2, 0.25) is 0 Å². The molecule has 1 aliphatic rings. The minimum Gasteiger partial charge on any atom is -0.496 e. The van der Waals surface area contributed by atoms with Gasteiger partial charge in [0.1, 0.15) is 11.6 Å². The van der Waals surface area contributed by atoms with Gasteiger partial charge in [0.25, 0.3) is 0 Å². The molecule has 0 saturated carbocycles. The molecule has 0 saturated heterocycles. The van der Waals surface area contributed by atoms with E-state index >= 15 is 0 Å². The first-order chi connectivity index (χ1) is 15.3. The van der Waals surface area contributed by atoms with Crippen molar-refractivity contribution in [3.05, 3.63) is 94.7 Å². The fourth-order valence-corrected chi connectivity index (χ4v) is 4.45. The Labute approximate surface area is 183 Å². The molecule has 0 unspecified atom stereocenters. The second-order valence-electron chi connectivity index (χ2n) is 8.15. The minimum absolute atomic E-state index is 0.874. The van der Waals surface area contributed by atoms with Crippen molar-refractivity contribution in [1.82, 2.24) is 15.0 Å². The predicted molar refractivity (Wildman–Crippen MR) is 125 cm³/mol. The van der Waals surface area contributed by atoms with Crippen LogP contribution in [-0.4, -0.2) is 22.1 Å². The number of hydrogen-bond donors (Lipinski definition) is 1. The highest BCUT2D eigenvalue weighted by Crippen LogP contribution is 2.29. The summed E-state index contributed by atoms with van der Waals surface area (Å²) < 4.78 is 5.55. The molecule has 31 heavy (non-hydrogen) atoms. The van der Waals surface area contributed by atoms with Gasteiger partial charge in [-0.1, -0.05) is 36.4 Å². The normalized spacial score (nSPS) is 12.4. The van der Waals surface area contributed by atoms with Gasteiger partial charge in [-0.05, 0) is 72.6 Å². The van der Waals surface area contributed by atoms with E-state index in [0.29, 0.717) is 0 Å². The minimum atomic E-state index is 0.874. The zero-order chi connectivity index (χ0) is 21.0. The fraction of sp³-hybridized carbons (Fsp3) is 0.259. The topological polar surface area (TPSA) is 50.8 Å². The number of methoxy groups -OCH3 is 1. The van der Waals surface area contributed by atoms with Crippen LogP contribution >= 0.6 is 0 Å². The highest BCUT2D eigenvalue weighted by molar-refractivity contribution is 5.89. The van der Waals surface area contributed by atoms with Crippen LogP contribution in [0.15, 0.2) is 60.9 Å². The molecule has 5 rings (SSSR count). The van der Waals surface area contributed by atoms with Crippen molar-refractivity contribution in [1.29, 1.82) is 0 Å². The molecule has 0 fully saturated rings. The van der Waals surface area contributed by atoms with E-state index in [1.54, 1.807) is 7.11 Å². The van der Waals surface area contributed by atoms with E-state index in [1.165, 1.54) is 27.6 Å². The number of allylic oxidation sites excluding steroid dienone is 1. The van der Waals surface area contributed by atoms with Gasteiger partial charge in [0.15, 0.2) is 0 Å². The molecule has 0 bridgehead atoms. The number of hydrogen-bond acceptors (Lipinski definition) is 3. The summed E-state index contributed by atoms with van der Waals surface area (Å²) in [5, 5.41) is 1.18. The molecule has 156 valence electrons. The van der Waals surface area contributed by atoms with Gasteiger partial charge in [-0.3, -0.25) is 0 Å². The molecular weight excluding hydrogens is 382 g/mol. The van der Waals surface area contributed by atoms with Crippen molar-refractivity contribution in [2.24, 2.45) is 0 Å². The van der Waals surface area contributed by atoms with Crippen LogP contribution in [0, 0.1) is 0 Å². The Hall–Kier alpha value is -3.40. The molecular formula is C27H27N3O. The maximum atomic E-state index is 5.55. The van der Waals surface area contributed by atoms with E-state index < -0.39 is 0 Å². The highest BCUT2D eigenvalue weighted by atomic mass is 16.5. The third-order valence-electron chi connectivity index (χ3n) is 6.09. The molecule has 2 heterocycles. The second-order valence-corrected chi connectivity index (χ2v) is 8.15. The lowest BCUT2D eigenvalue weighted by Gasteiger charge is -2.07. The van der Waals surface area contributed by atoms with Crippen molar-refractivity contribution >= 4 is 17.0 Å². The molecule has 2 aromatic carbocycles. The van der Waals surface area contributed by atoms with E-state index in [-0.39, 0.29) is 0 Å². The van der Waals surface area contributed by atoms with Gasteiger partial charge in [-0.25, -0.2) is 9.97 Å². The SMILES string of the molecule is COc1cccc2[nH]cc(CCCc3nccc(CCc4ccc5c(c4)C=CC5)n3)c12. The molecule has 4 heteroatoms. The molecule has 0 spiro atoms. The Bertz CT molecular complexity index is 1240. The van der Waals surface area contributed by atoms with Gasteiger partial charge in [-0.2, -0.15) is 0 Å². The van der Waals surface area contributed by atoms with Crippen LogP contribution in [0.1, 0.15) is 40.2 Å². The van der Waals surface area contributed by atoms with Gasteiger partial charge in [-0.15, -0.1) is 0 Å². The highest BCUT2D eigenvalue weighted by Gasteiger charge is 2.10. The van der Waals surface area contributed by atoms with Crippen LogP contribution in [0.3, 0.4) is 0 Å². The van der Waals surface area contributed by atoms with Crippen LogP contribution in [-0.2, 0) is 32.1 Å². The molecule has 0 amide bonds. The number of nitrogens with zero attached hydrogens (tertiary/aromatic N) is 2. The summed E-state index contributed by atoms with van der Waals surface area (Å²) in [6.07, 6.45) is 14.3. The van der Waals surface area contributed by atoms with Crippen LogP contribution in [0.25, 0.3) is 17.0 Å². The Morgan fingerprint density at radius 3 is 2.94 bits per heavy atom. The van der Waals surface area contributed by atoms with Gasteiger partial charge in [0.05, 0.1) is 7.11 Å². The van der Waals surface area contributed by atoms with E-state index in [2.05, 4.69) is 52.6 Å². The van der Waals surface area contributed by atoms with Gasteiger partial charge < -0.3 is 9.72 Å². The number of aromatic nitrogens is 3. The largest absolute Gasteiger partial charge is 0.496 e. The number of benzene rings is 2. The standard InChI is InChI=1S/C27H27N3O/c1-31-25-9-4-8-24-27(25)22(18-29-24)7-3-10-26-28-16-15-23(30-26)14-12-19-11-13-20-5-2-6-21(20)17-19/h2,4,6,8-9,11,13,15-18,29H,3,5,7,10,12,14H2,1H3. The van der Waals surface area contributed by atoms with E-state index in [4.69, 9.17) is 9.72 Å². The summed E-state index contributed by atoms with van der Waals surface area (Å²) in [6.45, 7) is 0. The van der Waals surface area contributed by atoms with E-state index in [1.807, 2.05) is 24.4 Å². The van der Waals surface area contributed by atoms with Crippen LogP contribution in [0.5, 0.6) is 5.75 Å². The van der Waals surface area contributed by atoms with Crippen molar-refractivity contribution in [3.63, 3.8) is 0 Å². The Morgan fingerprint density at radius 2 is 2.00 bits per heavy atom. The maximum Gasteiger partial charge on any atom is 0.128 e. The molecule has 2 aromatic heterocycles. The lowest BCUT2D eigenvalue weighted by molar-refractivity contribution is 0.419. The van der Waals surface area contributed by atoms with Crippen molar-refractivity contribution in [3.8, 4) is 5.75 Å². The quantitative estimate of drug-likeness (QED) is 0.418. The first-order valence-corrected chi connectivity index (χ1v) is 11.0. The molecule has 0 radical (unpaired) electrons. The molecule has 0 atom stereocenters. The van der Waals surface area contributed by atoms with E-state index in [9.17, 15) is 0 Å².